The van der Waals surface area contributed by atoms with Crippen LogP contribution in [0.4, 0.5) is 39.9 Å². The summed E-state index contributed by atoms with van der Waals surface area (Å²) in [6.07, 6.45) is 1.92. The monoisotopic (exact) mass is 1230 g/mol. The van der Waals surface area contributed by atoms with Gasteiger partial charge in [0.25, 0.3) is 0 Å². The van der Waals surface area contributed by atoms with Crippen molar-refractivity contribution < 1.29 is 32.7 Å². The van der Waals surface area contributed by atoms with E-state index in [1.54, 1.807) is 0 Å². The molecule has 0 radical (unpaired) electrons. The van der Waals surface area contributed by atoms with Gasteiger partial charge in [-0.25, -0.2) is 4.98 Å². The molecule has 0 spiro atoms. The van der Waals surface area contributed by atoms with E-state index in [0.717, 1.165) is 56.4 Å². The van der Waals surface area contributed by atoms with Gasteiger partial charge in [0.2, 0.25) is 0 Å². The summed E-state index contributed by atoms with van der Waals surface area (Å²) in [4.78, 5) is 11.6. The SMILES string of the molecule is [2H]c1c([2H])c([2H])c(-c2cccc(-c3cc(C(C)(C)C)cc(C(C)(C)C)c3)c2N2[CH-]N(c3[c-]c(Oc4[c-]c5c6c(c4)-c4ccccc4[Si]6(c4ccccc4)c4ccccc4N5c4cc(C(C)(C)C)ccn4)ccc3)c3ccccc32)c([2H])c1[2H].[Pt]. The Kier molecular flexibility index (Phi) is 11.4. The number of nitrogens with zero attached hydrogens (tertiary/aromatic N) is 4. The van der Waals surface area contributed by atoms with Gasteiger partial charge in [0.15, 0.2) is 0 Å². The van der Waals surface area contributed by atoms with E-state index in [2.05, 4.69) is 223 Å². The Balaban J connectivity index is 0.00000694. The fraction of sp³-hybridized carbons (Fsp3) is 0.167. The van der Waals surface area contributed by atoms with Crippen LogP contribution in [-0.2, 0) is 37.3 Å². The first-order chi connectivity index (χ1) is 39.6. The number of fused-ring (bicyclic) bond motifs is 6. The summed E-state index contributed by atoms with van der Waals surface area (Å²) in [7, 11) is -2.95. The van der Waals surface area contributed by atoms with Crippen LogP contribution in [0.25, 0.3) is 33.4 Å². The number of hydrogen-bond donors (Lipinski definition) is 0. The molecular formula is C72H63N4OPtSi-3. The quantitative estimate of drug-likeness (QED) is 0.112. The first-order valence-corrected chi connectivity index (χ1v) is 28.9. The van der Waals surface area contributed by atoms with Gasteiger partial charge in [-0.15, -0.1) is 53.4 Å². The van der Waals surface area contributed by atoms with Gasteiger partial charge in [-0.2, -0.15) is 6.07 Å². The molecule has 1 unspecified atom stereocenters. The molecule has 0 aliphatic carbocycles. The van der Waals surface area contributed by atoms with E-state index < -0.39 is 26.2 Å². The molecule has 0 saturated carbocycles. The number of benzene rings is 9. The summed E-state index contributed by atoms with van der Waals surface area (Å²) in [5, 5.41) is 5.17. The van der Waals surface area contributed by atoms with Crippen LogP contribution in [0.5, 0.6) is 11.5 Å². The zero-order valence-electron chi connectivity index (χ0n) is 50.9. The van der Waals surface area contributed by atoms with Crippen LogP contribution in [0.3, 0.4) is 0 Å². The second-order valence-corrected chi connectivity index (χ2v) is 27.4. The molecule has 5 nitrogen and oxygen atoms in total. The second kappa shape index (κ2) is 19.5. The fourth-order valence-corrected chi connectivity index (χ4v) is 17.3. The molecule has 0 saturated heterocycles. The van der Waals surface area contributed by atoms with Crippen LogP contribution >= 0.6 is 0 Å². The first kappa shape index (κ1) is 46.2. The predicted molar refractivity (Wildman–Crippen MR) is 328 cm³/mol. The van der Waals surface area contributed by atoms with Gasteiger partial charge in [0.1, 0.15) is 13.9 Å². The average molecular weight is 1230 g/mol. The number of hydrogen-bond acceptors (Lipinski definition) is 5. The van der Waals surface area contributed by atoms with E-state index in [9.17, 15) is 2.74 Å². The summed E-state index contributed by atoms with van der Waals surface area (Å²) in [5.41, 5.74) is 12.7. The Hall–Kier alpha value is -7.76. The molecule has 0 N–H and O–H groups in total. The van der Waals surface area contributed by atoms with Gasteiger partial charge in [0.05, 0.1) is 6.85 Å². The van der Waals surface area contributed by atoms with Crippen LogP contribution in [0.15, 0.2) is 212 Å². The number of pyridine rings is 1. The number of ether oxygens (including phenoxy) is 1. The Labute approximate surface area is 489 Å². The van der Waals surface area contributed by atoms with Crippen molar-refractivity contribution in [3.05, 3.63) is 248 Å². The summed E-state index contributed by atoms with van der Waals surface area (Å²) < 4.78 is 52.0. The Bertz CT molecular complexity index is 4220. The van der Waals surface area contributed by atoms with E-state index in [0.29, 0.717) is 28.4 Å². The zero-order valence-corrected chi connectivity index (χ0v) is 49.2. The van der Waals surface area contributed by atoms with Gasteiger partial charge < -0.3 is 19.4 Å². The molecule has 7 heteroatoms. The molecule has 394 valence electrons. The molecule has 0 fully saturated rings. The minimum atomic E-state index is -2.95. The van der Waals surface area contributed by atoms with E-state index >= 15 is 0 Å². The van der Waals surface area contributed by atoms with Crippen LogP contribution in [-0.4, -0.2) is 13.1 Å². The van der Waals surface area contributed by atoms with E-state index in [4.69, 9.17) is 13.8 Å². The molecule has 0 amide bonds. The van der Waals surface area contributed by atoms with Crippen molar-refractivity contribution >= 4 is 68.8 Å². The van der Waals surface area contributed by atoms with Crippen molar-refractivity contribution in [1.29, 1.82) is 0 Å². The molecule has 1 atom stereocenters. The van der Waals surface area contributed by atoms with Crippen LogP contribution in [0, 0.1) is 18.8 Å². The smallest absolute Gasteiger partial charge is 0.135 e. The molecule has 9 aromatic carbocycles. The normalized spacial score (nSPS) is 16.1. The predicted octanol–water partition coefficient (Wildman–Crippen LogP) is 16.2. The van der Waals surface area contributed by atoms with Crippen LogP contribution in [0.1, 0.15) is 85.9 Å². The molecule has 3 aliphatic heterocycles. The number of para-hydroxylation sites is 4. The molecule has 3 aliphatic rings. The maximum atomic E-state index is 9.33. The number of anilines is 7. The van der Waals surface area contributed by atoms with Crippen LogP contribution < -0.4 is 40.2 Å². The Morgan fingerprint density at radius 3 is 1.80 bits per heavy atom. The standard InChI is InChI=1S/C72H63N4OSi.Pt/c1-70(2,3)50-38-39-73-67(43-50)76-63-35-19-21-37-66(63)78(56-28-14-11-15-29-56)65-36-20-16-30-59(65)60-45-55(46-64(76)69(60)78)77-54-27-22-26-53(44-54)74-47-75(62-34-18-17-33-61(62)74)68-57(48-24-12-10-13-25-48)31-23-32-58(68)49-40-51(71(4,5)6)42-52(41-49)72(7,8)9;/h10-43,45,47H,1-9H3;/q-3;/i10D,12D,13D,24D,25D;. The molecule has 0 bridgehead atoms. The Morgan fingerprint density at radius 1 is 0.506 bits per heavy atom. The fourth-order valence-electron chi connectivity index (χ4n) is 11.8. The van der Waals surface area contributed by atoms with Gasteiger partial charge in [-0.1, -0.05) is 230 Å². The molecule has 79 heavy (non-hydrogen) atoms. The third-order valence-corrected chi connectivity index (χ3v) is 20.7. The van der Waals surface area contributed by atoms with Gasteiger partial charge in [-0.05, 0) is 85.1 Å². The topological polar surface area (TPSA) is 31.8 Å². The molecular weight excluding hydrogens is 1160 g/mol. The van der Waals surface area contributed by atoms with Gasteiger partial charge in [-0.3, -0.25) is 0 Å². The first-order valence-electron chi connectivity index (χ1n) is 29.4. The molecule has 10 aromatic rings. The van der Waals surface area contributed by atoms with Crippen molar-refractivity contribution in [3.8, 4) is 44.9 Å². The minimum absolute atomic E-state index is 0. The summed E-state index contributed by atoms with van der Waals surface area (Å²) in [6.45, 7) is 22.0. The van der Waals surface area contributed by atoms with Crippen molar-refractivity contribution in [2.75, 3.05) is 14.7 Å². The summed E-state index contributed by atoms with van der Waals surface area (Å²) in [5.74, 6) is 1.83. The summed E-state index contributed by atoms with van der Waals surface area (Å²) in [6, 6.07) is 67.7. The van der Waals surface area contributed by atoms with Crippen molar-refractivity contribution in [1.82, 2.24) is 4.98 Å². The average Bonchev–Trinajstić information content (AvgIpc) is 1.46. The summed E-state index contributed by atoms with van der Waals surface area (Å²) >= 11 is 0. The molecule has 1 aromatic heterocycles. The second-order valence-electron chi connectivity index (χ2n) is 23.8. The van der Waals surface area contributed by atoms with E-state index in [-0.39, 0.29) is 55.0 Å². The third-order valence-electron chi connectivity index (χ3n) is 15.7. The van der Waals surface area contributed by atoms with Crippen LogP contribution in [0.2, 0.25) is 0 Å². The van der Waals surface area contributed by atoms with Gasteiger partial charge in [0, 0.05) is 72.6 Å². The maximum absolute atomic E-state index is 9.33. The van der Waals surface area contributed by atoms with E-state index in [1.807, 2.05) is 55.3 Å². The third kappa shape index (κ3) is 8.76. The van der Waals surface area contributed by atoms with Crippen molar-refractivity contribution in [2.45, 2.75) is 78.6 Å². The maximum Gasteiger partial charge on any atom is 0.135 e. The zero-order chi connectivity index (χ0) is 58.1. The molecule has 13 rings (SSSR count). The van der Waals surface area contributed by atoms with E-state index in [1.165, 1.54) is 31.9 Å². The van der Waals surface area contributed by atoms with Gasteiger partial charge >= 0.3 is 0 Å². The van der Waals surface area contributed by atoms with Crippen molar-refractivity contribution in [3.63, 3.8) is 0 Å². The largest absolute Gasteiger partial charge is 0.509 e. The number of rotatable bonds is 8. The van der Waals surface area contributed by atoms with Crippen molar-refractivity contribution in [2.24, 2.45) is 0 Å². The number of aromatic nitrogens is 1. The molecule has 4 heterocycles. The Morgan fingerprint density at radius 2 is 1.10 bits per heavy atom. The minimum Gasteiger partial charge on any atom is -0.509 e.